The number of hydrogen-bond donors (Lipinski definition) is 1. The van der Waals surface area contributed by atoms with E-state index in [2.05, 4.69) is 5.32 Å². The van der Waals surface area contributed by atoms with E-state index in [4.69, 9.17) is 34.8 Å². The number of anilines is 1. The number of halogens is 3. The molecule has 0 aliphatic heterocycles. The SMILES string of the molecule is CCCNC(=O)C(Cc1ccccc1)N(Cc1cccc(Cl)c1)C(=O)CN(c1cc(Cl)ccc1Cl)S(=O)(=O)c1ccccc1. The predicted octanol–water partition coefficient (Wildman–Crippen LogP) is 7.01. The zero-order valence-corrected chi connectivity index (χ0v) is 27.1. The molecule has 4 rings (SSSR count). The first-order valence-electron chi connectivity index (χ1n) is 14.0. The minimum absolute atomic E-state index is 0.00105. The second-order valence-electron chi connectivity index (χ2n) is 10.1. The molecule has 0 fully saturated rings. The normalized spacial score (nSPS) is 11.9. The largest absolute Gasteiger partial charge is 0.354 e. The molecule has 44 heavy (non-hydrogen) atoms. The fraction of sp³-hybridized carbons (Fsp3) is 0.212. The second-order valence-corrected chi connectivity index (χ2v) is 13.2. The maximum absolute atomic E-state index is 14.4. The van der Waals surface area contributed by atoms with Crippen molar-refractivity contribution in [3.05, 3.63) is 129 Å². The minimum atomic E-state index is -4.30. The van der Waals surface area contributed by atoms with E-state index < -0.39 is 28.5 Å². The third kappa shape index (κ3) is 8.54. The van der Waals surface area contributed by atoms with Gasteiger partial charge in [-0.1, -0.05) is 102 Å². The molecule has 11 heteroatoms. The summed E-state index contributed by atoms with van der Waals surface area (Å²) in [5, 5.41) is 3.70. The molecule has 0 aliphatic rings. The molecule has 2 amide bonds. The van der Waals surface area contributed by atoms with E-state index in [1.54, 1.807) is 42.5 Å². The summed E-state index contributed by atoms with van der Waals surface area (Å²) in [6.45, 7) is 1.70. The van der Waals surface area contributed by atoms with Crippen LogP contribution >= 0.6 is 34.8 Å². The monoisotopic (exact) mass is 671 g/mol. The van der Waals surface area contributed by atoms with Crippen molar-refractivity contribution < 1.29 is 18.0 Å². The van der Waals surface area contributed by atoms with Gasteiger partial charge in [-0.2, -0.15) is 0 Å². The van der Waals surface area contributed by atoms with Crippen molar-refractivity contribution in [2.45, 2.75) is 37.2 Å². The number of nitrogens with one attached hydrogen (secondary N) is 1. The Labute approximate surface area is 273 Å². The summed E-state index contributed by atoms with van der Waals surface area (Å²) in [4.78, 5) is 29.5. The van der Waals surface area contributed by atoms with Gasteiger partial charge in [-0.15, -0.1) is 0 Å². The summed E-state index contributed by atoms with van der Waals surface area (Å²) in [6, 6.07) is 27.5. The standard InChI is InChI=1S/C33H32Cl3N3O4S/c1-2-18-37-33(41)31(20-24-10-5-3-6-11-24)38(22-25-12-9-13-26(34)19-25)32(40)23-39(30-21-27(35)16-17-29(30)36)44(42,43)28-14-7-4-8-15-28/h3-17,19,21,31H,2,18,20,22-23H2,1H3,(H,37,41). The van der Waals surface area contributed by atoms with E-state index >= 15 is 0 Å². The fourth-order valence-corrected chi connectivity index (χ4v) is 6.76. The highest BCUT2D eigenvalue weighted by molar-refractivity contribution is 7.92. The number of carbonyl (C=O) groups excluding carboxylic acids is 2. The van der Waals surface area contributed by atoms with Crippen LogP contribution in [0.4, 0.5) is 5.69 Å². The van der Waals surface area contributed by atoms with Gasteiger partial charge in [0.2, 0.25) is 11.8 Å². The summed E-state index contributed by atoms with van der Waals surface area (Å²) in [5.41, 5.74) is 1.54. The van der Waals surface area contributed by atoms with Gasteiger partial charge in [-0.05, 0) is 60.0 Å². The van der Waals surface area contributed by atoms with Crippen LogP contribution in [0.15, 0.2) is 108 Å². The Morgan fingerprint density at radius 3 is 2.09 bits per heavy atom. The molecule has 0 saturated carbocycles. The summed E-state index contributed by atoms with van der Waals surface area (Å²) >= 11 is 19.0. The summed E-state index contributed by atoms with van der Waals surface area (Å²) in [7, 11) is -4.30. The van der Waals surface area contributed by atoms with E-state index in [1.807, 2.05) is 37.3 Å². The van der Waals surface area contributed by atoms with Gasteiger partial charge in [0, 0.05) is 29.6 Å². The highest BCUT2D eigenvalue weighted by Crippen LogP contribution is 2.33. The van der Waals surface area contributed by atoms with Gasteiger partial charge in [0.05, 0.1) is 15.6 Å². The topological polar surface area (TPSA) is 86.8 Å². The van der Waals surface area contributed by atoms with Crippen LogP contribution in [0.1, 0.15) is 24.5 Å². The first-order chi connectivity index (χ1) is 21.1. The first-order valence-corrected chi connectivity index (χ1v) is 16.6. The summed E-state index contributed by atoms with van der Waals surface area (Å²) in [5.74, 6) is -0.975. The number of nitrogens with zero attached hydrogens (tertiary/aromatic N) is 2. The number of carbonyl (C=O) groups is 2. The van der Waals surface area contributed by atoms with Gasteiger partial charge >= 0.3 is 0 Å². The van der Waals surface area contributed by atoms with Gasteiger partial charge in [0.25, 0.3) is 10.0 Å². The quantitative estimate of drug-likeness (QED) is 0.166. The van der Waals surface area contributed by atoms with E-state index in [9.17, 15) is 18.0 Å². The molecule has 0 bridgehead atoms. The lowest BCUT2D eigenvalue weighted by molar-refractivity contribution is -0.140. The Balaban J connectivity index is 1.82. The maximum atomic E-state index is 14.4. The average molecular weight is 673 g/mol. The van der Waals surface area contributed by atoms with Crippen molar-refractivity contribution in [2.75, 3.05) is 17.4 Å². The highest BCUT2D eigenvalue weighted by Gasteiger charge is 2.35. The van der Waals surface area contributed by atoms with Crippen LogP contribution in [0.3, 0.4) is 0 Å². The lowest BCUT2D eigenvalue weighted by atomic mass is 10.0. The van der Waals surface area contributed by atoms with Gasteiger partial charge in [0.1, 0.15) is 12.6 Å². The molecule has 1 unspecified atom stereocenters. The number of sulfonamides is 1. The molecule has 0 aromatic heterocycles. The van der Waals surface area contributed by atoms with Crippen molar-refractivity contribution >= 4 is 62.3 Å². The zero-order chi connectivity index (χ0) is 31.7. The molecular formula is C33H32Cl3N3O4S. The van der Waals surface area contributed by atoms with Gasteiger partial charge in [-0.3, -0.25) is 13.9 Å². The Morgan fingerprint density at radius 1 is 0.795 bits per heavy atom. The van der Waals surface area contributed by atoms with Crippen LogP contribution in [0.5, 0.6) is 0 Å². The smallest absolute Gasteiger partial charge is 0.264 e. The van der Waals surface area contributed by atoms with Gasteiger partial charge < -0.3 is 10.2 Å². The average Bonchev–Trinajstić information content (AvgIpc) is 3.02. The molecule has 4 aromatic carbocycles. The van der Waals surface area contributed by atoms with Crippen molar-refractivity contribution in [3.8, 4) is 0 Å². The molecule has 1 N–H and O–H groups in total. The van der Waals surface area contributed by atoms with Crippen LogP contribution in [0.2, 0.25) is 15.1 Å². The fourth-order valence-electron chi connectivity index (χ4n) is 4.66. The zero-order valence-electron chi connectivity index (χ0n) is 24.0. The molecule has 1 atom stereocenters. The molecule has 0 aliphatic carbocycles. The molecule has 0 heterocycles. The summed E-state index contributed by atoms with van der Waals surface area (Å²) < 4.78 is 29.0. The van der Waals surface area contributed by atoms with Crippen molar-refractivity contribution in [1.82, 2.24) is 10.2 Å². The molecule has 0 radical (unpaired) electrons. The molecule has 0 spiro atoms. The predicted molar refractivity (Wildman–Crippen MR) is 177 cm³/mol. The minimum Gasteiger partial charge on any atom is -0.354 e. The van der Waals surface area contributed by atoms with Gasteiger partial charge in [0.15, 0.2) is 0 Å². The van der Waals surface area contributed by atoms with Crippen molar-refractivity contribution in [3.63, 3.8) is 0 Å². The number of benzene rings is 4. The molecular weight excluding hydrogens is 641 g/mol. The van der Waals surface area contributed by atoms with Crippen LogP contribution in [-0.2, 0) is 32.6 Å². The van der Waals surface area contributed by atoms with Crippen LogP contribution in [-0.4, -0.2) is 44.3 Å². The van der Waals surface area contributed by atoms with E-state index in [-0.39, 0.29) is 39.5 Å². The maximum Gasteiger partial charge on any atom is 0.264 e. The van der Waals surface area contributed by atoms with Crippen molar-refractivity contribution in [2.24, 2.45) is 0 Å². The van der Waals surface area contributed by atoms with Crippen LogP contribution in [0, 0.1) is 0 Å². The van der Waals surface area contributed by atoms with E-state index in [0.717, 1.165) is 9.87 Å². The third-order valence-corrected chi connectivity index (χ3v) is 9.41. The Morgan fingerprint density at radius 2 is 1.43 bits per heavy atom. The Bertz CT molecular complexity index is 1690. The third-order valence-electron chi connectivity index (χ3n) is 6.85. The van der Waals surface area contributed by atoms with Crippen LogP contribution in [0.25, 0.3) is 0 Å². The van der Waals surface area contributed by atoms with Crippen molar-refractivity contribution in [1.29, 1.82) is 0 Å². The summed E-state index contributed by atoms with van der Waals surface area (Å²) in [6.07, 6.45) is 0.897. The second kappa shape index (κ2) is 15.4. The number of amides is 2. The highest BCUT2D eigenvalue weighted by atomic mass is 35.5. The number of rotatable bonds is 13. The Hall–Kier alpha value is -3.56. The van der Waals surface area contributed by atoms with Crippen LogP contribution < -0.4 is 9.62 Å². The lowest BCUT2D eigenvalue weighted by Crippen LogP contribution is -2.53. The lowest BCUT2D eigenvalue weighted by Gasteiger charge is -2.34. The number of hydrogen-bond acceptors (Lipinski definition) is 4. The molecule has 7 nitrogen and oxygen atoms in total. The van der Waals surface area contributed by atoms with E-state index in [1.165, 1.54) is 35.2 Å². The first kappa shape index (κ1) is 33.3. The molecule has 0 saturated heterocycles. The van der Waals surface area contributed by atoms with E-state index in [0.29, 0.717) is 23.6 Å². The Kier molecular flexibility index (Phi) is 11.7. The molecule has 4 aromatic rings. The van der Waals surface area contributed by atoms with Gasteiger partial charge in [-0.25, -0.2) is 8.42 Å². The molecule has 230 valence electrons.